The molecule has 0 aliphatic carbocycles. The summed E-state index contributed by atoms with van der Waals surface area (Å²) in [4.78, 5) is 2.23. The van der Waals surface area contributed by atoms with E-state index >= 15 is 0 Å². The molecule has 0 fully saturated rings. The third-order valence-corrected chi connectivity index (χ3v) is 2.94. The van der Waals surface area contributed by atoms with Gasteiger partial charge in [0.2, 0.25) is 0 Å². The van der Waals surface area contributed by atoms with Gasteiger partial charge in [-0.15, -0.1) is 0 Å². The van der Waals surface area contributed by atoms with Crippen molar-refractivity contribution < 1.29 is 9.13 Å². The highest BCUT2D eigenvalue weighted by Gasteiger charge is 2.09. The molecule has 1 aromatic carbocycles. The lowest BCUT2D eigenvalue weighted by molar-refractivity contribution is 0.199. The van der Waals surface area contributed by atoms with E-state index in [1.165, 1.54) is 6.07 Å². The molecule has 1 aromatic rings. The molecule has 0 spiro atoms. The number of hydrogen-bond donors (Lipinski definition) is 1. The molecule has 0 amide bonds. The zero-order valence-electron chi connectivity index (χ0n) is 11.5. The number of nitrogens with one attached hydrogen (secondary N) is 1. The first-order valence-corrected chi connectivity index (χ1v) is 6.45. The van der Waals surface area contributed by atoms with Gasteiger partial charge in [-0.25, -0.2) is 4.39 Å². The van der Waals surface area contributed by atoms with Crippen molar-refractivity contribution in [2.45, 2.75) is 20.4 Å². The molecule has 0 unspecified atom stereocenters. The van der Waals surface area contributed by atoms with Crippen molar-refractivity contribution >= 4 is 5.69 Å². The first kappa shape index (κ1) is 14.9. The Bertz CT molecular complexity index is 354. The SMILES string of the molecule is CCN(CC)c1ccc(F)cc1CNCCOC. The van der Waals surface area contributed by atoms with Crippen LogP contribution in [0.1, 0.15) is 19.4 Å². The van der Waals surface area contributed by atoms with Gasteiger partial charge in [0.05, 0.1) is 6.61 Å². The zero-order valence-corrected chi connectivity index (χ0v) is 11.5. The highest BCUT2D eigenvalue weighted by atomic mass is 19.1. The minimum atomic E-state index is -0.186. The monoisotopic (exact) mass is 254 g/mol. The third kappa shape index (κ3) is 4.27. The fourth-order valence-corrected chi connectivity index (χ4v) is 1.97. The lowest BCUT2D eigenvalue weighted by Gasteiger charge is -2.24. The van der Waals surface area contributed by atoms with Crippen molar-refractivity contribution in [3.05, 3.63) is 29.6 Å². The number of rotatable bonds is 8. The number of hydrogen-bond acceptors (Lipinski definition) is 3. The van der Waals surface area contributed by atoms with Crippen LogP contribution in [0.25, 0.3) is 0 Å². The number of benzene rings is 1. The second-order valence-electron chi connectivity index (χ2n) is 4.11. The maximum absolute atomic E-state index is 13.3. The Morgan fingerprint density at radius 1 is 1.28 bits per heavy atom. The van der Waals surface area contributed by atoms with Crippen molar-refractivity contribution in [2.75, 3.05) is 38.3 Å². The maximum Gasteiger partial charge on any atom is 0.123 e. The molecule has 1 rings (SSSR count). The Hall–Kier alpha value is -1.13. The second kappa shape index (κ2) is 8.06. The van der Waals surface area contributed by atoms with Crippen LogP contribution in [-0.4, -0.2) is 33.4 Å². The van der Waals surface area contributed by atoms with E-state index in [2.05, 4.69) is 24.1 Å². The molecule has 4 heteroatoms. The van der Waals surface area contributed by atoms with Crippen LogP contribution < -0.4 is 10.2 Å². The Balaban J connectivity index is 2.76. The summed E-state index contributed by atoms with van der Waals surface area (Å²) in [6.45, 7) is 8.15. The van der Waals surface area contributed by atoms with Crippen LogP contribution in [0.4, 0.5) is 10.1 Å². The Morgan fingerprint density at radius 3 is 2.61 bits per heavy atom. The van der Waals surface area contributed by atoms with E-state index in [1.807, 2.05) is 6.07 Å². The van der Waals surface area contributed by atoms with E-state index in [9.17, 15) is 4.39 Å². The van der Waals surface area contributed by atoms with Gasteiger partial charge in [0.25, 0.3) is 0 Å². The lowest BCUT2D eigenvalue weighted by atomic mass is 10.1. The zero-order chi connectivity index (χ0) is 13.4. The van der Waals surface area contributed by atoms with Crippen LogP contribution in [0.15, 0.2) is 18.2 Å². The third-order valence-electron chi connectivity index (χ3n) is 2.94. The summed E-state index contributed by atoms with van der Waals surface area (Å²) in [5, 5.41) is 3.25. The summed E-state index contributed by atoms with van der Waals surface area (Å²) < 4.78 is 18.3. The van der Waals surface area contributed by atoms with Crippen LogP contribution in [0.5, 0.6) is 0 Å². The van der Waals surface area contributed by atoms with E-state index in [0.29, 0.717) is 13.2 Å². The van der Waals surface area contributed by atoms with Crippen LogP contribution in [0.3, 0.4) is 0 Å². The predicted octanol–water partition coefficient (Wildman–Crippen LogP) is 2.41. The molecule has 0 radical (unpaired) electrons. The van der Waals surface area contributed by atoms with Crippen molar-refractivity contribution in [3.63, 3.8) is 0 Å². The number of nitrogens with zero attached hydrogens (tertiary/aromatic N) is 1. The standard InChI is InChI=1S/C14H23FN2O/c1-4-17(5-2)14-7-6-13(15)10-12(14)11-16-8-9-18-3/h6-7,10,16H,4-5,8-9,11H2,1-3H3. The molecule has 0 heterocycles. The molecular weight excluding hydrogens is 231 g/mol. The molecule has 0 aliphatic rings. The highest BCUT2D eigenvalue weighted by Crippen LogP contribution is 2.21. The molecule has 0 saturated carbocycles. The normalized spacial score (nSPS) is 10.7. The molecule has 0 atom stereocenters. The first-order valence-electron chi connectivity index (χ1n) is 6.45. The minimum absolute atomic E-state index is 0.186. The van der Waals surface area contributed by atoms with Crippen LogP contribution in [0.2, 0.25) is 0 Å². The highest BCUT2D eigenvalue weighted by molar-refractivity contribution is 5.53. The number of halogens is 1. The topological polar surface area (TPSA) is 24.5 Å². The summed E-state index contributed by atoms with van der Waals surface area (Å²) in [7, 11) is 1.67. The summed E-state index contributed by atoms with van der Waals surface area (Å²) in [5.41, 5.74) is 2.10. The molecule has 102 valence electrons. The van der Waals surface area contributed by atoms with E-state index < -0.39 is 0 Å². The van der Waals surface area contributed by atoms with E-state index in [1.54, 1.807) is 13.2 Å². The smallest absolute Gasteiger partial charge is 0.123 e. The lowest BCUT2D eigenvalue weighted by Crippen LogP contribution is -2.25. The fraction of sp³-hybridized carbons (Fsp3) is 0.571. The molecule has 18 heavy (non-hydrogen) atoms. The van der Waals surface area contributed by atoms with E-state index in [0.717, 1.165) is 30.9 Å². The Labute approximate surface area is 109 Å². The van der Waals surface area contributed by atoms with Gasteiger partial charge in [-0.05, 0) is 37.6 Å². The van der Waals surface area contributed by atoms with Crippen LogP contribution >= 0.6 is 0 Å². The van der Waals surface area contributed by atoms with Gasteiger partial charge in [0.15, 0.2) is 0 Å². The maximum atomic E-state index is 13.3. The van der Waals surface area contributed by atoms with Gasteiger partial charge < -0.3 is 15.0 Å². The number of ether oxygens (including phenoxy) is 1. The molecule has 0 bridgehead atoms. The number of methoxy groups -OCH3 is 1. The molecule has 0 aromatic heterocycles. The summed E-state index contributed by atoms with van der Waals surface area (Å²) in [6, 6.07) is 4.98. The van der Waals surface area contributed by atoms with Gasteiger partial charge in [-0.3, -0.25) is 0 Å². The van der Waals surface area contributed by atoms with Crippen molar-refractivity contribution in [1.82, 2.24) is 5.32 Å². The van der Waals surface area contributed by atoms with Crippen molar-refractivity contribution in [3.8, 4) is 0 Å². The van der Waals surface area contributed by atoms with Gasteiger partial charge in [-0.2, -0.15) is 0 Å². The molecule has 0 aliphatic heterocycles. The summed E-state index contributed by atoms with van der Waals surface area (Å²) in [5.74, 6) is -0.186. The largest absolute Gasteiger partial charge is 0.383 e. The van der Waals surface area contributed by atoms with Gasteiger partial charge in [0, 0.05) is 39.0 Å². The summed E-state index contributed by atoms with van der Waals surface area (Å²) in [6.07, 6.45) is 0. The van der Waals surface area contributed by atoms with Crippen molar-refractivity contribution in [2.24, 2.45) is 0 Å². The average Bonchev–Trinajstić information content (AvgIpc) is 2.38. The average molecular weight is 254 g/mol. The number of anilines is 1. The first-order chi connectivity index (χ1) is 8.72. The Kier molecular flexibility index (Phi) is 6.68. The van der Waals surface area contributed by atoms with Gasteiger partial charge in [0.1, 0.15) is 5.82 Å². The summed E-state index contributed by atoms with van der Waals surface area (Å²) >= 11 is 0. The van der Waals surface area contributed by atoms with Gasteiger partial charge >= 0.3 is 0 Å². The molecular formula is C14H23FN2O. The quantitative estimate of drug-likeness (QED) is 0.721. The fourth-order valence-electron chi connectivity index (χ4n) is 1.97. The predicted molar refractivity (Wildman–Crippen MR) is 73.5 cm³/mol. The molecule has 1 N–H and O–H groups in total. The van der Waals surface area contributed by atoms with Crippen LogP contribution in [0, 0.1) is 5.82 Å². The minimum Gasteiger partial charge on any atom is -0.383 e. The Morgan fingerprint density at radius 2 is 2.00 bits per heavy atom. The van der Waals surface area contributed by atoms with E-state index in [-0.39, 0.29) is 5.82 Å². The molecule has 3 nitrogen and oxygen atoms in total. The second-order valence-corrected chi connectivity index (χ2v) is 4.11. The van der Waals surface area contributed by atoms with Gasteiger partial charge in [-0.1, -0.05) is 0 Å². The molecule has 0 saturated heterocycles. The van der Waals surface area contributed by atoms with Crippen molar-refractivity contribution in [1.29, 1.82) is 0 Å². The van der Waals surface area contributed by atoms with Crippen LogP contribution in [-0.2, 0) is 11.3 Å². The van der Waals surface area contributed by atoms with E-state index in [4.69, 9.17) is 4.74 Å².